The van der Waals surface area contributed by atoms with Crippen LogP contribution in [0.2, 0.25) is 0 Å². The molecule has 15 heavy (non-hydrogen) atoms. The Morgan fingerprint density at radius 2 is 2.00 bits per heavy atom. The number of carbonyl (C=O) groups excluding carboxylic acids is 1. The second-order valence-corrected chi connectivity index (χ2v) is 2.80. The lowest BCUT2D eigenvalue weighted by Gasteiger charge is -2.02. The predicted molar refractivity (Wildman–Crippen MR) is 53.1 cm³/mol. The minimum Gasteiger partial charge on any atom is -0.423 e. The first-order valence-corrected chi connectivity index (χ1v) is 4.16. The zero-order chi connectivity index (χ0) is 11.3. The van der Waals surface area contributed by atoms with Gasteiger partial charge in [0.05, 0.1) is 0 Å². The SMILES string of the molecule is C=C(C[N+](=O)[O-])C(=O)Oc1ccccc1. The summed E-state index contributed by atoms with van der Waals surface area (Å²) in [4.78, 5) is 20.7. The molecule has 0 aliphatic rings. The van der Waals surface area contributed by atoms with Crippen LogP contribution in [0.5, 0.6) is 5.75 Å². The van der Waals surface area contributed by atoms with Gasteiger partial charge in [0.15, 0.2) is 0 Å². The number of hydrogen-bond donors (Lipinski definition) is 0. The maximum atomic E-state index is 11.2. The molecule has 0 aromatic heterocycles. The van der Waals surface area contributed by atoms with Crippen LogP contribution in [0, 0.1) is 10.1 Å². The van der Waals surface area contributed by atoms with E-state index in [1.165, 1.54) is 0 Å². The van der Waals surface area contributed by atoms with Gasteiger partial charge in [-0.05, 0) is 12.1 Å². The summed E-state index contributed by atoms with van der Waals surface area (Å²) in [6.07, 6.45) is 0. The third-order valence-corrected chi connectivity index (χ3v) is 1.56. The summed E-state index contributed by atoms with van der Waals surface area (Å²) in [7, 11) is 0. The highest BCUT2D eigenvalue weighted by Crippen LogP contribution is 2.10. The third-order valence-electron chi connectivity index (χ3n) is 1.56. The summed E-state index contributed by atoms with van der Waals surface area (Å²) in [6.45, 7) is 2.67. The summed E-state index contributed by atoms with van der Waals surface area (Å²) in [5.74, 6) is -0.440. The molecule has 0 aliphatic carbocycles. The molecule has 78 valence electrons. The number of para-hydroxylation sites is 1. The van der Waals surface area contributed by atoms with E-state index in [9.17, 15) is 14.9 Å². The molecule has 5 heteroatoms. The number of rotatable bonds is 4. The Morgan fingerprint density at radius 3 is 2.53 bits per heavy atom. The quantitative estimate of drug-likeness (QED) is 0.246. The second kappa shape index (κ2) is 4.90. The molecule has 0 N–H and O–H groups in total. The fraction of sp³-hybridized carbons (Fsp3) is 0.100. The largest absolute Gasteiger partial charge is 0.423 e. The highest BCUT2D eigenvalue weighted by Gasteiger charge is 2.14. The molecule has 0 fully saturated rings. The maximum absolute atomic E-state index is 11.2. The van der Waals surface area contributed by atoms with Crippen molar-refractivity contribution < 1.29 is 14.5 Å². The number of nitrogens with zero attached hydrogens (tertiary/aromatic N) is 1. The number of benzene rings is 1. The van der Waals surface area contributed by atoms with Gasteiger partial charge in [-0.3, -0.25) is 10.1 Å². The second-order valence-electron chi connectivity index (χ2n) is 2.80. The zero-order valence-electron chi connectivity index (χ0n) is 7.88. The van der Waals surface area contributed by atoms with Gasteiger partial charge >= 0.3 is 5.97 Å². The van der Waals surface area contributed by atoms with E-state index in [0.717, 1.165) is 0 Å². The Balaban J connectivity index is 2.56. The Morgan fingerprint density at radius 1 is 1.40 bits per heavy atom. The van der Waals surface area contributed by atoms with Gasteiger partial charge < -0.3 is 4.74 Å². The van der Waals surface area contributed by atoms with Crippen LogP contribution in [0.15, 0.2) is 42.5 Å². The lowest BCUT2D eigenvalue weighted by Crippen LogP contribution is -2.17. The molecule has 0 bridgehead atoms. The summed E-state index contributed by atoms with van der Waals surface area (Å²) in [6, 6.07) is 8.32. The van der Waals surface area contributed by atoms with Crippen LogP contribution >= 0.6 is 0 Å². The first-order valence-electron chi connectivity index (χ1n) is 4.16. The monoisotopic (exact) mass is 207 g/mol. The minimum absolute atomic E-state index is 0.177. The van der Waals surface area contributed by atoms with E-state index in [1.54, 1.807) is 30.3 Å². The maximum Gasteiger partial charge on any atom is 0.345 e. The van der Waals surface area contributed by atoms with Crippen molar-refractivity contribution in [3.8, 4) is 5.75 Å². The highest BCUT2D eigenvalue weighted by atomic mass is 16.6. The van der Waals surface area contributed by atoms with E-state index in [-0.39, 0.29) is 5.57 Å². The van der Waals surface area contributed by atoms with Gasteiger partial charge in [-0.15, -0.1) is 0 Å². The fourth-order valence-electron chi connectivity index (χ4n) is 0.888. The third kappa shape index (κ3) is 3.60. The van der Waals surface area contributed by atoms with Crippen LogP contribution in [0.4, 0.5) is 0 Å². The normalized spacial score (nSPS) is 9.33. The zero-order valence-corrected chi connectivity index (χ0v) is 7.88. The lowest BCUT2D eigenvalue weighted by molar-refractivity contribution is -0.470. The predicted octanol–water partition coefficient (Wildman–Crippen LogP) is 1.42. The van der Waals surface area contributed by atoms with Gasteiger partial charge in [0.2, 0.25) is 6.54 Å². The molecule has 0 amide bonds. The van der Waals surface area contributed by atoms with Gasteiger partial charge in [-0.1, -0.05) is 24.8 Å². The van der Waals surface area contributed by atoms with E-state index in [1.807, 2.05) is 0 Å². The Hall–Kier alpha value is -2.17. The molecule has 0 radical (unpaired) electrons. The molecule has 0 saturated carbocycles. The van der Waals surface area contributed by atoms with Crippen molar-refractivity contribution >= 4 is 5.97 Å². The van der Waals surface area contributed by atoms with Crippen molar-refractivity contribution in [3.63, 3.8) is 0 Å². The van der Waals surface area contributed by atoms with E-state index in [2.05, 4.69) is 6.58 Å². The van der Waals surface area contributed by atoms with Crippen LogP contribution in [0.1, 0.15) is 0 Å². The Kier molecular flexibility index (Phi) is 3.56. The molecule has 0 aliphatic heterocycles. The first-order chi connectivity index (χ1) is 7.09. The molecule has 1 aromatic carbocycles. The van der Waals surface area contributed by atoms with E-state index < -0.39 is 17.4 Å². The lowest BCUT2D eigenvalue weighted by atomic mass is 10.3. The van der Waals surface area contributed by atoms with Crippen LogP contribution in [0.25, 0.3) is 0 Å². The van der Waals surface area contributed by atoms with Gasteiger partial charge in [0.25, 0.3) is 0 Å². The topological polar surface area (TPSA) is 69.4 Å². The van der Waals surface area contributed by atoms with Crippen molar-refractivity contribution in [2.45, 2.75) is 0 Å². The van der Waals surface area contributed by atoms with Crippen molar-refractivity contribution in [2.24, 2.45) is 0 Å². The fourth-order valence-corrected chi connectivity index (χ4v) is 0.888. The van der Waals surface area contributed by atoms with E-state index in [0.29, 0.717) is 5.75 Å². The Bertz CT molecular complexity index is 386. The van der Waals surface area contributed by atoms with Crippen LogP contribution in [-0.2, 0) is 4.79 Å². The average Bonchev–Trinajstić information content (AvgIpc) is 2.18. The average molecular weight is 207 g/mol. The highest BCUT2D eigenvalue weighted by molar-refractivity contribution is 5.89. The molecule has 1 aromatic rings. The molecule has 0 atom stereocenters. The molecule has 0 spiro atoms. The summed E-state index contributed by atoms with van der Waals surface area (Å²) < 4.78 is 4.83. The van der Waals surface area contributed by atoms with Gasteiger partial charge in [0, 0.05) is 4.92 Å². The number of nitro groups is 1. The molecule has 0 unspecified atom stereocenters. The van der Waals surface area contributed by atoms with Crippen LogP contribution in [-0.4, -0.2) is 17.4 Å². The van der Waals surface area contributed by atoms with Crippen LogP contribution < -0.4 is 4.74 Å². The van der Waals surface area contributed by atoms with Gasteiger partial charge in [-0.25, -0.2) is 4.79 Å². The molecular formula is C10H9NO4. The van der Waals surface area contributed by atoms with Crippen molar-refractivity contribution in [1.82, 2.24) is 0 Å². The minimum atomic E-state index is -0.780. The van der Waals surface area contributed by atoms with Crippen molar-refractivity contribution in [2.75, 3.05) is 6.54 Å². The van der Waals surface area contributed by atoms with Crippen molar-refractivity contribution in [3.05, 3.63) is 52.6 Å². The van der Waals surface area contributed by atoms with E-state index in [4.69, 9.17) is 4.74 Å². The summed E-state index contributed by atoms with van der Waals surface area (Å²) in [5.41, 5.74) is -0.177. The molecule has 0 heterocycles. The van der Waals surface area contributed by atoms with Gasteiger partial charge in [-0.2, -0.15) is 0 Å². The van der Waals surface area contributed by atoms with Gasteiger partial charge in [0.1, 0.15) is 11.3 Å². The summed E-state index contributed by atoms with van der Waals surface area (Å²) in [5, 5.41) is 10.1. The number of carbonyl (C=O) groups is 1. The summed E-state index contributed by atoms with van der Waals surface area (Å²) >= 11 is 0. The number of hydrogen-bond acceptors (Lipinski definition) is 4. The van der Waals surface area contributed by atoms with Crippen molar-refractivity contribution in [1.29, 1.82) is 0 Å². The smallest absolute Gasteiger partial charge is 0.345 e. The number of esters is 1. The van der Waals surface area contributed by atoms with E-state index >= 15 is 0 Å². The molecule has 5 nitrogen and oxygen atoms in total. The first kappa shape index (κ1) is 10.9. The standard InChI is InChI=1S/C10H9NO4/c1-8(7-11(13)14)10(12)15-9-5-3-2-4-6-9/h2-6H,1,7H2. The Labute approximate surface area is 86.1 Å². The molecular weight excluding hydrogens is 198 g/mol. The molecule has 0 saturated heterocycles. The molecule has 1 rings (SSSR count). The number of ether oxygens (including phenoxy) is 1. The van der Waals surface area contributed by atoms with Crippen LogP contribution in [0.3, 0.4) is 0 Å².